The summed E-state index contributed by atoms with van der Waals surface area (Å²) in [6.07, 6.45) is 0.0856. The molecule has 9 heteroatoms. The molecule has 1 aliphatic rings. The molecule has 0 aliphatic heterocycles. The standard InChI is InChI=1S/C32H38N4O5/c1-19-9-8-12-25(20(19)2)28(29(38)34-23-14-13-21-10-6-7-11-22(21)17-23)36(24-15-16-24)30(39)26(18-27(33)37)35-31(40)41-32(3,4)5/h6-14,17,24,26,28H,15-16,18H2,1-5H3,(H2,33,37)(H,34,38)(H,35,40). The van der Waals surface area contributed by atoms with E-state index in [9.17, 15) is 19.2 Å². The van der Waals surface area contributed by atoms with Crippen molar-refractivity contribution in [1.82, 2.24) is 10.2 Å². The van der Waals surface area contributed by atoms with Crippen molar-refractivity contribution < 1.29 is 23.9 Å². The van der Waals surface area contributed by atoms with Crippen LogP contribution in [0.1, 0.15) is 62.8 Å². The maximum absolute atomic E-state index is 14.2. The first-order valence-corrected chi connectivity index (χ1v) is 13.8. The normalized spacial score (nSPS) is 14.6. The Morgan fingerprint density at radius 1 is 0.976 bits per heavy atom. The Labute approximate surface area is 240 Å². The third-order valence-corrected chi connectivity index (χ3v) is 7.07. The van der Waals surface area contributed by atoms with Gasteiger partial charge in [0.25, 0.3) is 5.91 Å². The van der Waals surface area contributed by atoms with Crippen molar-refractivity contribution >= 4 is 40.3 Å². The van der Waals surface area contributed by atoms with Gasteiger partial charge >= 0.3 is 6.09 Å². The van der Waals surface area contributed by atoms with Gasteiger partial charge in [0, 0.05) is 11.7 Å². The Morgan fingerprint density at radius 3 is 2.29 bits per heavy atom. The molecule has 1 aliphatic carbocycles. The van der Waals surface area contributed by atoms with E-state index in [1.165, 1.54) is 4.90 Å². The zero-order valence-corrected chi connectivity index (χ0v) is 24.2. The molecule has 41 heavy (non-hydrogen) atoms. The number of rotatable bonds is 9. The van der Waals surface area contributed by atoms with Gasteiger partial charge in [-0.15, -0.1) is 0 Å². The topological polar surface area (TPSA) is 131 Å². The third kappa shape index (κ3) is 7.42. The number of nitrogens with zero attached hydrogens (tertiary/aromatic N) is 1. The van der Waals surface area contributed by atoms with Crippen molar-refractivity contribution in [2.45, 2.75) is 77.6 Å². The fraction of sp³-hybridized carbons (Fsp3) is 0.375. The number of aryl methyl sites for hydroxylation is 1. The van der Waals surface area contributed by atoms with Gasteiger partial charge in [-0.3, -0.25) is 14.4 Å². The largest absolute Gasteiger partial charge is 0.444 e. The zero-order valence-electron chi connectivity index (χ0n) is 24.2. The van der Waals surface area contributed by atoms with Crippen LogP contribution in [0.4, 0.5) is 10.5 Å². The molecule has 0 heterocycles. The van der Waals surface area contributed by atoms with Gasteiger partial charge in [0.15, 0.2) is 0 Å². The number of anilines is 1. The molecular weight excluding hydrogens is 520 g/mol. The van der Waals surface area contributed by atoms with Crippen LogP contribution in [-0.2, 0) is 19.1 Å². The van der Waals surface area contributed by atoms with E-state index in [0.717, 1.165) is 21.9 Å². The van der Waals surface area contributed by atoms with E-state index in [0.29, 0.717) is 24.1 Å². The molecule has 0 aromatic heterocycles. The molecule has 0 saturated heterocycles. The van der Waals surface area contributed by atoms with Crippen molar-refractivity contribution in [1.29, 1.82) is 0 Å². The molecule has 2 unspecified atom stereocenters. The molecule has 0 radical (unpaired) electrons. The first kappa shape index (κ1) is 29.6. The summed E-state index contributed by atoms with van der Waals surface area (Å²) in [4.78, 5) is 54.5. The molecule has 3 aromatic carbocycles. The van der Waals surface area contributed by atoms with Crippen molar-refractivity contribution in [2.75, 3.05) is 5.32 Å². The monoisotopic (exact) mass is 558 g/mol. The molecule has 0 spiro atoms. The van der Waals surface area contributed by atoms with Gasteiger partial charge in [0.1, 0.15) is 17.7 Å². The summed E-state index contributed by atoms with van der Waals surface area (Å²) in [5, 5.41) is 7.54. The number of fused-ring (bicyclic) bond motifs is 1. The van der Waals surface area contributed by atoms with Crippen LogP contribution in [0.5, 0.6) is 0 Å². The highest BCUT2D eigenvalue weighted by molar-refractivity contribution is 6.01. The molecule has 2 atom stereocenters. The number of nitrogens with one attached hydrogen (secondary N) is 2. The van der Waals surface area contributed by atoms with Crippen LogP contribution in [0.2, 0.25) is 0 Å². The number of carbonyl (C=O) groups is 4. The first-order valence-electron chi connectivity index (χ1n) is 13.8. The van der Waals surface area contributed by atoms with E-state index in [1.807, 2.05) is 74.5 Å². The number of carbonyl (C=O) groups excluding carboxylic acids is 4. The van der Waals surface area contributed by atoms with Gasteiger partial charge in [0.2, 0.25) is 11.8 Å². The number of alkyl carbamates (subject to hydrolysis) is 1. The highest BCUT2D eigenvalue weighted by Crippen LogP contribution is 2.38. The second-order valence-corrected chi connectivity index (χ2v) is 11.6. The van der Waals surface area contributed by atoms with E-state index in [4.69, 9.17) is 10.5 Å². The predicted molar refractivity (Wildman–Crippen MR) is 158 cm³/mol. The minimum atomic E-state index is -1.30. The highest BCUT2D eigenvalue weighted by atomic mass is 16.6. The summed E-state index contributed by atoms with van der Waals surface area (Å²) in [6, 6.07) is 16.5. The quantitative estimate of drug-likeness (QED) is 0.344. The van der Waals surface area contributed by atoms with Crippen molar-refractivity contribution in [3.05, 3.63) is 77.4 Å². The van der Waals surface area contributed by atoms with E-state index in [-0.39, 0.29) is 6.04 Å². The molecular formula is C32H38N4O5. The highest BCUT2D eigenvalue weighted by Gasteiger charge is 2.45. The van der Waals surface area contributed by atoms with Gasteiger partial charge < -0.3 is 26.0 Å². The Balaban J connectivity index is 1.73. The number of hydrogen-bond acceptors (Lipinski definition) is 5. The van der Waals surface area contributed by atoms with Gasteiger partial charge in [-0.2, -0.15) is 0 Å². The van der Waals surface area contributed by atoms with Crippen molar-refractivity contribution in [2.24, 2.45) is 5.73 Å². The summed E-state index contributed by atoms with van der Waals surface area (Å²) >= 11 is 0. The number of amides is 4. The van der Waals surface area contributed by atoms with Crippen LogP contribution in [0.15, 0.2) is 60.7 Å². The number of hydrogen-bond donors (Lipinski definition) is 3. The number of primary amides is 1. The Kier molecular flexibility index (Phi) is 8.66. The van der Waals surface area contributed by atoms with E-state index in [1.54, 1.807) is 20.8 Å². The Morgan fingerprint density at radius 2 is 1.66 bits per heavy atom. The average Bonchev–Trinajstić information content (AvgIpc) is 3.72. The predicted octanol–water partition coefficient (Wildman–Crippen LogP) is 4.90. The lowest BCUT2D eigenvalue weighted by atomic mass is 9.94. The molecule has 216 valence electrons. The minimum Gasteiger partial charge on any atom is -0.444 e. The van der Waals surface area contributed by atoms with Gasteiger partial charge in [-0.25, -0.2) is 4.79 Å². The fourth-order valence-corrected chi connectivity index (χ4v) is 4.87. The molecule has 0 bridgehead atoms. The minimum absolute atomic E-state index is 0.245. The Hall–Kier alpha value is -4.40. The third-order valence-electron chi connectivity index (χ3n) is 7.07. The first-order chi connectivity index (χ1) is 19.3. The molecule has 1 saturated carbocycles. The maximum Gasteiger partial charge on any atom is 0.408 e. The lowest BCUT2D eigenvalue weighted by Crippen LogP contribution is -2.54. The molecule has 9 nitrogen and oxygen atoms in total. The van der Waals surface area contributed by atoms with Crippen LogP contribution in [0.25, 0.3) is 10.8 Å². The van der Waals surface area contributed by atoms with Crippen LogP contribution >= 0.6 is 0 Å². The van der Waals surface area contributed by atoms with Gasteiger partial charge in [-0.05, 0) is 87.1 Å². The molecule has 4 N–H and O–H groups in total. The molecule has 4 rings (SSSR count). The second-order valence-electron chi connectivity index (χ2n) is 11.6. The summed E-state index contributed by atoms with van der Waals surface area (Å²) in [6.45, 7) is 8.95. The summed E-state index contributed by atoms with van der Waals surface area (Å²) in [5.74, 6) is -1.74. The number of benzene rings is 3. The van der Waals surface area contributed by atoms with Crippen LogP contribution in [0, 0.1) is 13.8 Å². The van der Waals surface area contributed by atoms with Crippen molar-refractivity contribution in [3.8, 4) is 0 Å². The number of nitrogens with two attached hydrogens (primary N) is 1. The summed E-state index contributed by atoms with van der Waals surface area (Å²) < 4.78 is 5.35. The van der Waals surface area contributed by atoms with Crippen LogP contribution < -0.4 is 16.4 Å². The van der Waals surface area contributed by atoms with E-state index < -0.39 is 47.9 Å². The SMILES string of the molecule is Cc1cccc(C(C(=O)Nc2ccc3ccccc3c2)N(C(=O)C(CC(N)=O)NC(=O)OC(C)(C)C)C2CC2)c1C. The van der Waals surface area contributed by atoms with E-state index in [2.05, 4.69) is 10.6 Å². The van der Waals surface area contributed by atoms with Crippen LogP contribution in [-0.4, -0.2) is 46.4 Å². The van der Waals surface area contributed by atoms with Crippen LogP contribution in [0.3, 0.4) is 0 Å². The lowest BCUT2D eigenvalue weighted by Gasteiger charge is -2.35. The van der Waals surface area contributed by atoms with Crippen molar-refractivity contribution in [3.63, 3.8) is 0 Å². The summed E-state index contributed by atoms with van der Waals surface area (Å²) in [7, 11) is 0. The second kappa shape index (κ2) is 12.0. The fourth-order valence-electron chi connectivity index (χ4n) is 4.87. The van der Waals surface area contributed by atoms with Gasteiger partial charge in [0.05, 0.1) is 6.42 Å². The molecule has 3 aromatic rings. The smallest absolute Gasteiger partial charge is 0.408 e. The molecule has 1 fully saturated rings. The Bertz CT molecular complexity index is 1470. The number of ether oxygens (including phenoxy) is 1. The lowest BCUT2D eigenvalue weighted by molar-refractivity contribution is -0.142. The molecule has 4 amide bonds. The van der Waals surface area contributed by atoms with E-state index >= 15 is 0 Å². The maximum atomic E-state index is 14.2. The van der Waals surface area contributed by atoms with Gasteiger partial charge in [-0.1, -0.05) is 48.5 Å². The zero-order chi connectivity index (χ0) is 29.9. The average molecular weight is 559 g/mol. The summed E-state index contributed by atoms with van der Waals surface area (Å²) in [5.41, 5.74) is 7.76.